The van der Waals surface area contributed by atoms with E-state index in [1.165, 1.54) is 0 Å². The molecule has 0 spiro atoms. The number of hydrogen-bond acceptors (Lipinski definition) is 2. The van der Waals surface area contributed by atoms with Gasteiger partial charge in [0.05, 0.1) is 0 Å². The first-order valence-corrected chi connectivity index (χ1v) is 3.90. The molecule has 0 saturated heterocycles. The van der Waals surface area contributed by atoms with E-state index in [-0.39, 0.29) is 0 Å². The third-order valence-electron chi connectivity index (χ3n) is 1.47. The molecule has 0 aromatic heterocycles. The second-order valence-electron chi connectivity index (χ2n) is 2.27. The van der Waals surface area contributed by atoms with Crippen molar-refractivity contribution >= 4 is 17.5 Å². The van der Waals surface area contributed by atoms with Crippen molar-refractivity contribution in [1.29, 1.82) is 0 Å². The van der Waals surface area contributed by atoms with Crippen LogP contribution >= 0.6 is 11.6 Å². The lowest BCUT2D eigenvalue weighted by Gasteiger charge is -1.98. The van der Waals surface area contributed by atoms with Crippen molar-refractivity contribution in [1.82, 2.24) is 5.48 Å². The van der Waals surface area contributed by atoms with Crippen LogP contribution in [0.1, 0.15) is 15.9 Å². The summed E-state index contributed by atoms with van der Waals surface area (Å²) in [7, 11) is 0. The number of hydroxylamine groups is 1. The largest absolute Gasteiger partial charge is 0.288 e. The molecular formula is C8H8ClNO2. The highest BCUT2D eigenvalue weighted by Crippen LogP contribution is 2.06. The highest BCUT2D eigenvalue weighted by Gasteiger charge is 2.01. The zero-order valence-electron chi connectivity index (χ0n) is 6.25. The highest BCUT2D eigenvalue weighted by molar-refractivity contribution is 6.17. The Morgan fingerprint density at radius 1 is 1.42 bits per heavy atom. The summed E-state index contributed by atoms with van der Waals surface area (Å²) in [6, 6.07) is 6.67. The van der Waals surface area contributed by atoms with E-state index in [1.807, 2.05) is 0 Å². The van der Waals surface area contributed by atoms with Crippen LogP contribution in [0.3, 0.4) is 0 Å². The van der Waals surface area contributed by atoms with Crippen molar-refractivity contribution in [3.63, 3.8) is 0 Å². The minimum atomic E-state index is -0.517. The number of benzene rings is 1. The first-order chi connectivity index (χ1) is 5.77. The van der Waals surface area contributed by atoms with Crippen molar-refractivity contribution in [2.45, 2.75) is 5.88 Å². The molecule has 0 unspecified atom stereocenters. The smallest absolute Gasteiger partial charge is 0.274 e. The molecule has 1 amide bonds. The van der Waals surface area contributed by atoms with Gasteiger partial charge in [0.15, 0.2) is 0 Å². The van der Waals surface area contributed by atoms with Gasteiger partial charge in [0, 0.05) is 11.4 Å². The monoisotopic (exact) mass is 185 g/mol. The molecule has 0 atom stereocenters. The van der Waals surface area contributed by atoms with Crippen molar-refractivity contribution in [3.05, 3.63) is 35.4 Å². The first-order valence-electron chi connectivity index (χ1n) is 3.37. The van der Waals surface area contributed by atoms with Crippen LogP contribution in [0.15, 0.2) is 24.3 Å². The summed E-state index contributed by atoms with van der Waals surface area (Å²) in [5.41, 5.74) is 2.89. The number of carbonyl (C=O) groups is 1. The molecule has 12 heavy (non-hydrogen) atoms. The van der Waals surface area contributed by atoms with E-state index in [2.05, 4.69) is 0 Å². The van der Waals surface area contributed by atoms with E-state index in [9.17, 15) is 4.79 Å². The van der Waals surface area contributed by atoms with E-state index in [0.717, 1.165) is 5.56 Å². The summed E-state index contributed by atoms with van der Waals surface area (Å²) >= 11 is 5.54. The third kappa shape index (κ3) is 1.96. The quantitative estimate of drug-likeness (QED) is 0.417. The van der Waals surface area contributed by atoms with Gasteiger partial charge in [-0.3, -0.25) is 10.0 Å². The van der Waals surface area contributed by atoms with Gasteiger partial charge in [-0.1, -0.05) is 12.1 Å². The Hall–Kier alpha value is -1.06. The maximum absolute atomic E-state index is 10.8. The Kier molecular flexibility index (Phi) is 3.08. The lowest BCUT2D eigenvalue weighted by atomic mass is 10.1. The summed E-state index contributed by atoms with van der Waals surface area (Å²) in [6.07, 6.45) is 0. The predicted octanol–water partition coefficient (Wildman–Crippen LogP) is 1.54. The van der Waals surface area contributed by atoms with Crippen LogP contribution in [-0.4, -0.2) is 11.1 Å². The molecule has 1 aromatic rings. The number of halogens is 1. The Labute approximate surface area is 74.9 Å². The maximum atomic E-state index is 10.8. The van der Waals surface area contributed by atoms with Gasteiger partial charge in [-0.2, -0.15) is 0 Å². The van der Waals surface area contributed by atoms with E-state index < -0.39 is 5.91 Å². The number of nitrogens with one attached hydrogen (secondary N) is 1. The molecule has 0 saturated carbocycles. The summed E-state index contributed by atoms with van der Waals surface area (Å²) in [5.74, 6) is -0.0998. The first kappa shape index (κ1) is 9.03. The van der Waals surface area contributed by atoms with Crippen LogP contribution in [0.4, 0.5) is 0 Å². The molecule has 0 radical (unpaired) electrons. The summed E-state index contributed by atoms with van der Waals surface area (Å²) in [4.78, 5) is 10.8. The van der Waals surface area contributed by atoms with Crippen molar-refractivity contribution in [2.75, 3.05) is 0 Å². The molecule has 4 heteroatoms. The van der Waals surface area contributed by atoms with Gasteiger partial charge in [0.2, 0.25) is 0 Å². The predicted molar refractivity (Wildman–Crippen MR) is 45.3 cm³/mol. The number of hydrogen-bond donors (Lipinski definition) is 2. The van der Waals surface area contributed by atoms with Crippen LogP contribution < -0.4 is 5.48 Å². The minimum Gasteiger partial charge on any atom is -0.288 e. The number of carbonyl (C=O) groups excluding carboxylic acids is 1. The Morgan fingerprint density at radius 2 is 2.00 bits per heavy atom. The number of alkyl halides is 1. The van der Waals surface area contributed by atoms with Crippen LogP contribution in [-0.2, 0) is 5.88 Å². The molecule has 64 valence electrons. The van der Waals surface area contributed by atoms with Gasteiger partial charge in [-0.05, 0) is 17.7 Å². The summed E-state index contributed by atoms with van der Waals surface area (Å²) in [5, 5.41) is 8.29. The standard InChI is InChI=1S/C8H8ClNO2/c9-5-6-1-3-7(4-2-6)8(11)10-12/h1-4,12H,5H2,(H,10,11). The Balaban J connectivity index is 2.84. The molecule has 0 heterocycles. The third-order valence-corrected chi connectivity index (χ3v) is 1.78. The van der Waals surface area contributed by atoms with Gasteiger partial charge in [0.1, 0.15) is 0 Å². The van der Waals surface area contributed by atoms with Gasteiger partial charge in [-0.15, -0.1) is 11.6 Å². The fourth-order valence-electron chi connectivity index (χ4n) is 0.810. The normalized spacial score (nSPS) is 9.50. The molecule has 3 nitrogen and oxygen atoms in total. The number of rotatable bonds is 2. The molecule has 0 fully saturated rings. The highest BCUT2D eigenvalue weighted by atomic mass is 35.5. The van der Waals surface area contributed by atoms with E-state index in [1.54, 1.807) is 29.7 Å². The van der Waals surface area contributed by atoms with Crippen LogP contribution in [0, 0.1) is 0 Å². The van der Waals surface area contributed by atoms with E-state index in [4.69, 9.17) is 16.8 Å². The Bertz CT molecular complexity index is 271. The average molecular weight is 186 g/mol. The van der Waals surface area contributed by atoms with Gasteiger partial charge in [0.25, 0.3) is 5.91 Å². The van der Waals surface area contributed by atoms with Gasteiger partial charge >= 0.3 is 0 Å². The molecule has 0 bridgehead atoms. The van der Waals surface area contributed by atoms with Crippen LogP contribution in [0.5, 0.6) is 0 Å². The van der Waals surface area contributed by atoms with Gasteiger partial charge < -0.3 is 0 Å². The second kappa shape index (κ2) is 4.09. The SMILES string of the molecule is O=C(NO)c1ccc(CCl)cc1. The lowest BCUT2D eigenvalue weighted by Crippen LogP contribution is -2.18. The topological polar surface area (TPSA) is 49.3 Å². The van der Waals surface area contributed by atoms with Crippen LogP contribution in [0.2, 0.25) is 0 Å². The summed E-state index contributed by atoms with van der Waals surface area (Å²) < 4.78 is 0. The molecule has 0 aliphatic rings. The zero-order chi connectivity index (χ0) is 8.97. The molecular weight excluding hydrogens is 178 g/mol. The molecule has 2 N–H and O–H groups in total. The van der Waals surface area contributed by atoms with Crippen molar-refractivity contribution in [2.24, 2.45) is 0 Å². The number of amides is 1. The fraction of sp³-hybridized carbons (Fsp3) is 0.125. The average Bonchev–Trinajstić information content (AvgIpc) is 2.17. The van der Waals surface area contributed by atoms with Gasteiger partial charge in [-0.25, -0.2) is 5.48 Å². The fourth-order valence-corrected chi connectivity index (χ4v) is 0.988. The van der Waals surface area contributed by atoms with E-state index >= 15 is 0 Å². The second-order valence-corrected chi connectivity index (χ2v) is 2.54. The van der Waals surface area contributed by atoms with Crippen LogP contribution in [0.25, 0.3) is 0 Å². The lowest BCUT2D eigenvalue weighted by molar-refractivity contribution is 0.0706. The summed E-state index contributed by atoms with van der Waals surface area (Å²) in [6.45, 7) is 0. The maximum Gasteiger partial charge on any atom is 0.274 e. The molecule has 0 aliphatic heterocycles. The minimum absolute atomic E-state index is 0.409. The molecule has 1 rings (SSSR count). The zero-order valence-corrected chi connectivity index (χ0v) is 7.01. The Morgan fingerprint density at radius 3 is 2.42 bits per heavy atom. The van der Waals surface area contributed by atoms with E-state index in [0.29, 0.717) is 11.4 Å². The van der Waals surface area contributed by atoms with Crippen molar-refractivity contribution < 1.29 is 10.0 Å². The van der Waals surface area contributed by atoms with Crippen molar-refractivity contribution in [3.8, 4) is 0 Å². The molecule has 1 aromatic carbocycles. The molecule has 0 aliphatic carbocycles.